The van der Waals surface area contributed by atoms with E-state index in [1.165, 1.54) is 19.3 Å². The van der Waals surface area contributed by atoms with Crippen LogP contribution in [0.4, 0.5) is 0 Å². The minimum Gasteiger partial charge on any atom is -0.337 e. The van der Waals surface area contributed by atoms with Gasteiger partial charge in [-0.1, -0.05) is 0 Å². The van der Waals surface area contributed by atoms with Gasteiger partial charge in [-0.15, -0.1) is 0 Å². The van der Waals surface area contributed by atoms with Crippen molar-refractivity contribution in [1.82, 2.24) is 20.1 Å². The number of fused-ring (bicyclic) bond motifs is 3. The standard InChI is InChI=1S/C14H16N4O/c19-14(18-7-9-1-2-10(3-9)8-18)13-4-12-11(5-15-13)6-16-17-12/h4-6,9-10H,1-3,7-8H2,(H,16,17). The van der Waals surface area contributed by atoms with Crippen molar-refractivity contribution in [2.24, 2.45) is 11.8 Å². The predicted molar refractivity (Wildman–Crippen MR) is 70.6 cm³/mol. The van der Waals surface area contributed by atoms with Crippen LogP contribution in [-0.4, -0.2) is 39.1 Å². The van der Waals surface area contributed by atoms with E-state index in [9.17, 15) is 4.79 Å². The summed E-state index contributed by atoms with van der Waals surface area (Å²) in [7, 11) is 0. The number of carbonyl (C=O) groups excluding carboxylic acids is 1. The Hall–Kier alpha value is -1.91. The molecule has 2 aliphatic rings. The Bertz CT molecular complexity index is 623. The Balaban J connectivity index is 1.62. The topological polar surface area (TPSA) is 61.9 Å². The molecule has 2 unspecified atom stereocenters. The van der Waals surface area contributed by atoms with Crippen molar-refractivity contribution in [2.75, 3.05) is 13.1 Å². The summed E-state index contributed by atoms with van der Waals surface area (Å²) in [6.07, 6.45) is 7.29. The Morgan fingerprint density at radius 1 is 1.26 bits per heavy atom. The summed E-state index contributed by atoms with van der Waals surface area (Å²) in [5.74, 6) is 1.48. The molecule has 0 radical (unpaired) electrons. The molecule has 2 atom stereocenters. The van der Waals surface area contributed by atoms with Gasteiger partial charge in [0.2, 0.25) is 0 Å². The number of carbonyl (C=O) groups is 1. The molecule has 4 rings (SSSR count). The largest absolute Gasteiger partial charge is 0.337 e. The van der Waals surface area contributed by atoms with E-state index < -0.39 is 0 Å². The third-order valence-corrected chi connectivity index (χ3v) is 4.44. The third-order valence-electron chi connectivity index (χ3n) is 4.44. The maximum atomic E-state index is 12.5. The highest BCUT2D eigenvalue weighted by Crippen LogP contribution is 2.36. The van der Waals surface area contributed by atoms with Crippen molar-refractivity contribution in [1.29, 1.82) is 0 Å². The number of nitrogens with zero attached hydrogens (tertiary/aromatic N) is 3. The molecule has 1 aliphatic carbocycles. The molecule has 2 aromatic heterocycles. The maximum absolute atomic E-state index is 12.5. The van der Waals surface area contributed by atoms with E-state index in [0.717, 1.165) is 24.0 Å². The van der Waals surface area contributed by atoms with Gasteiger partial charge in [-0.05, 0) is 37.2 Å². The molecule has 1 N–H and O–H groups in total. The van der Waals surface area contributed by atoms with Crippen LogP contribution in [0.2, 0.25) is 0 Å². The van der Waals surface area contributed by atoms with E-state index >= 15 is 0 Å². The second kappa shape index (κ2) is 4.05. The number of nitrogens with one attached hydrogen (secondary N) is 1. The van der Waals surface area contributed by atoms with Crippen molar-refractivity contribution >= 4 is 16.8 Å². The molecule has 0 spiro atoms. The fourth-order valence-corrected chi connectivity index (χ4v) is 3.49. The summed E-state index contributed by atoms with van der Waals surface area (Å²) in [5, 5.41) is 7.79. The minimum atomic E-state index is 0.0631. The van der Waals surface area contributed by atoms with Gasteiger partial charge in [0.25, 0.3) is 5.91 Å². The van der Waals surface area contributed by atoms with Crippen LogP contribution in [0.25, 0.3) is 10.9 Å². The average Bonchev–Trinajstić information content (AvgIpc) is 3.03. The zero-order valence-electron chi connectivity index (χ0n) is 10.7. The van der Waals surface area contributed by atoms with Crippen molar-refractivity contribution in [3.8, 4) is 0 Å². The zero-order valence-corrected chi connectivity index (χ0v) is 10.7. The summed E-state index contributed by atoms with van der Waals surface area (Å²) in [6.45, 7) is 1.80. The Labute approximate surface area is 111 Å². The van der Waals surface area contributed by atoms with Gasteiger partial charge in [0.1, 0.15) is 5.69 Å². The lowest BCUT2D eigenvalue weighted by atomic mass is 9.98. The first-order valence-electron chi connectivity index (χ1n) is 6.88. The maximum Gasteiger partial charge on any atom is 0.272 e. The lowest BCUT2D eigenvalue weighted by molar-refractivity contribution is 0.0656. The molecular formula is C14H16N4O. The lowest BCUT2D eigenvalue weighted by Gasteiger charge is -2.31. The van der Waals surface area contributed by atoms with E-state index in [-0.39, 0.29) is 5.91 Å². The fourth-order valence-electron chi connectivity index (χ4n) is 3.49. The van der Waals surface area contributed by atoms with Crippen LogP contribution in [0, 0.1) is 11.8 Å². The van der Waals surface area contributed by atoms with Crippen molar-refractivity contribution in [3.05, 3.63) is 24.2 Å². The summed E-state index contributed by atoms with van der Waals surface area (Å²) in [6, 6.07) is 1.81. The number of pyridine rings is 1. The number of aromatic nitrogens is 3. The number of H-pyrrole nitrogens is 1. The highest BCUT2D eigenvalue weighted by atomic mass is 16.2. The van der Waals surface area contributed by atoms with Crippen LogP contribution >= 0.6 is 0 Å². The predicted octanol–water partition coefficient (Wildman–Crippen LogP) is 1.83. The molecule has 0 aromatic carbocycles. The van der Waals surface area contributed by atoms with E-state index in [1.54, 1.807) is 18.5 Å². The normalized spacial score (nSPS) is 26.0. The van der Waals surface area contributed by atoms with Crippen LogP contribution in [0.1, 0.15) is 29.8 Å². The second-order valence-corrected chi connectivity index (χ2v) is 5.78. The number of aromatic amines is 1. The Morgan fingerprint density at radius 3 is 2.84 bits per heavy atom. The fraction of sp³-hybridized carbons (Fsp3) is 0.500. The first-order chi connectivity index (χ1) is 9.29. The van der Waals surface area contributed by atoms with Gasteiger partial charge in [0, 0.05) is 24.7 Å². The van der Waals surface area contributed by atoms with Crippen molar-refractivity contribution in [2.45, 2.75) is 19.3 Å². The number of hydrogen-bond acceptors (Lipinski definition) is 3. The van der Waals surface area contributed by atoms with Crippen LogP contribution < -0.4 is 0 Å². The van der Waals surface area contributed by atoms with Crippen LogP contribution in [-0.2, 0) is 0 Å². The zero-order chi connectivity index (χ0) is 12.8. The van der Waals surface area contributed by atoms with Crippen LogP contribution in [0.15, 0.2) is 18.5 Å². The number of piperidine rings is 1. The monoisotopic (exact) mass is 256 g/mol. The van der Waals surface area contributed by atoms with E-state index in [4.69, 9.17) is 0 Å². The van der Waals surface area contributed by atoms with Crippen molar-refractivity contribution < 1.29 is 4.79 Å². The third kappa shape index (κ3) is 1.80. The number of amides is 1. The van der Waals surface area contributed by atoms with Gasteiger partial charge < -0.3 is 4.90 Å². The summed E-state index contributed by atoms with van der Waals surface area (Å²) < 4.78 is 0. The van der Waals surface area contributed by atoms with Gasteiger partial charge in [-0.25, -0.2) is 0 Å². The van der Waals surface area contributed by atoms with Gasteiger partial charge in [0.15, 0.2) is 0 Å². The molecular weight excluding hydrogens is 240 g/mol. The molecule has 5 nitrogen and oxygen atoms in total. The number of rotatable bonds is 1. The molecule has 19 heavy (non-hydrogen) atoms. The summed E-state index contributed by atoms with van der Waals surface area (Å²) in [4.78, 5) is 18.8. The quantitative estimate of drug-likeness (QED) is 0.846. The molecule has 1 saturated heterocycles. The minimum absolute atomic E-state index is 0.0631. The van der Waals surface area contributed by atoms with Gasteiger partial charge >= 0.3 is 0 Å². The highest BCUT2D eigenvalue weighted by Gasteiger charge is 2.35. The molecule has 3 heterocycles. The van der Waals surface area contributed by atoms with Crippen molar-refractivity contribution in [3.63, 3.8) is 0 Å². The first kappa shape index (κ1) is 11.0. The van der Waals surface area contributed by atoms with Crippen LogP contribution in [0.5, 0.6) is 0 Å². The molecule has 1 saturated carbocycles. The number of likely N-dealkylation sites (tertiary alicyclic amines) is 1. The molecule has 2 bridgehead atoms. The summed E-state index contributed by atoms with van der Waals surface area (Å²) in [5.41, 5.74) is 1.40. The molecule has 98 valence electrons. The molecule has 1 aliphatic heterocycles. The second-order valence-electron chi connectivity index (χ2n) is 5.78. The Morgan fingerprint density at radius 2 is 2.05 bits per heavy atom. The smallest absolute Gasteiger partial charge is 0.272 e. The molecule has 2 fully saturated rings. The number of hydrogen-bond donors (Lipinski definition) is 1. The van der Waals surface area contributed by atoms with Gasteiger partial charge in [0.05, 0.1) is 11.7 Å². The molecule has 2 aromatic rings. The molecule has 5 heteroatoms. The van der Waals surface area contributed by atoms with E-state index in [2.05, 4.69) is 15.2 Å². The SMILES string of the molecule is O=C(c1cc2[nH]ncc2cn1)N1CC2CCC(C2)C1. The van der Waals surface area contributed by atoms with E-state index in [0.29, 0.717) is 17.5 Å². The highest BCUT2D eigenvalue weighted by molar-refractivity contribution is 5.95. The van der Waals surface area contributed by atoms with Crippen LogP contribution in [0.3, 0.4) is 0 Å². The lowest BCUT2D eigenvalue weighted by Crippen LogP contribution is -2.41. The van der Waals surface area contributed by atoms with Gasteiger partial charge in [-0.3, -0.25) is 14.9 Å². The average molecular weight is 256 g/mol. The molecule has 1 amide bonds. The Kier molecular flexibility index (Phi) is 2.33. The first-order valence-corrected chi connectivity index (χ1v) is 6.88. The summed E-state index contributed by atoms with van der Waals surface area (Å²) >= 11 is 0. The van der Waals surface area contributed by atoms with Gasteiger partial charge in [-0.2, -0.15) is 5.10 Å². The van der Waals surface area contributed by atoms with E-state index in [1.807, 2.05) is 4.90 Å².